The molecule has 1 heterocycles. The summed E-state index contributed by atoms with van der Waals surface area (Å²) in [5.74, 6) is -0.682. The number of ether oxygens (including phenoxy) is 2. The van der Waals surface area contributed by atoms with Gasteiger partial charge in [-0.25, -0.2) is 8.78 Å². The summed E-state index contributed by atoms with van der Waals surface area (Å²) in [5.41, 5.74) is 4.97. The molecular weight excluding hydrogens is 586 g/mol. The highest BCUT2D eigenvalue weighted by Crippen LogP contribution is 2.33. The normalized spacial score (nSPS) is 11.5. The van der Waals surface area contributed by atoms with Gasteiger partial charge in [0, 0.05) is 29.6 Å². The molecule has 1 aromatic heterocycles. The van der Waals surface area contributed by atoms with Gasteiger partial charge >= 0.3 is 5.97 Å². The summed E-state index contributed by atoms with van der Waals surface area (Å²) in [5, 5.41) is 3.89. The van der Waals surface area contributed by atoms with Crippen LogP contribution in [0.5, 0.6) is 5.75 Å². The fraction of sp³-hybridized carbons (Fsp3) is 0.211. The Morgan fingerprint density at radius 1 is 0.870 bits per heavy atom. The third-order valence-electron chi connectivity index (χ3n) is 7.66. The van der Waals surface area contributed by atoms with Crippen LogP contribution in [0.3, 0.4) is 0 Å². The number of halogens is 2. The number of nitrogens with one attached hydrogen (secondary N) is 1. The molecule has 1 amide bonds. The number of carbonyl (C=O) groups is 2. The molecule has 0 fully saturated rings. The monoisotopic (exact) mass is 622 g/mol. The minimum Gasteiger partial charge on any atom is -0.491 e. The molecule has 236 valence electrons. The van der Waals surface area contributed by atoms with E-state index < -0.39 is 0 Å². The molecule has 0 saturated carbocycles. The van der Waals surface area contributed by atoms with E-state index in [9.17, 15) is 18.4 Å². The zero-order valence-electron chi connectivity index (χ0n) is 25.8. The summed E-state index contributed by atoms with van der Waals surface area (Å²) in [6.07, 6.45) is 4.95. The van der Waals surface area contributed by atoms with E-state index in [1.807, 2.05) is 49.5 Å². The summed E-state index contributed by atoms with van der Waals surface area (Å²) >= 11 is 0. The fourth-order valence-corrected chi connectivity index (χ4v) is 5.44. The molecule has 1 N–H and O–H groups in total. The number of allylic oxidation sites excluding steroid dienone is 1. The van der Waals surface area contributed by atoms with Crippen LogP contribution >= 0.6 is 0 Å². The summed E-state index contributed by atoms with van der Waals surface area (Å²) < 4.78 is 40.5. The second-order valence-electron chi connectivity index (χ2n) is 10.8. The number of carbonyl (C=O) groups excluding carboxylic acids is 2. The third kappa shape index (κ3) is 7.88. The predicted molar refractivity (Wildman–Crippen MR) is 177 cm³/mol. The van der Waals surface area contributed by atoms with Crippen molar-refractivity contribution in [2.75, 3.05) is 18.5 Å². The van der Waals surface area contributed by atoms with Crippen LogP contribution in [0.25, 0.3) is 16.5 Å². The molecule has 0 aliphatic heterocycles. The first-order valence-corrected chi connectivity index (χ1v) is 15.4. The second-order valence-corrected chi connectivity index (χ2v) is 10.8. The zero-order valence-corrected chi connectivity index (χ0v) is 25.8. The van der Waals surface area contributed by atoms with Crippen molar-refractivity contribution in [3.8, 4) is 5.75 Å². The van der Waals surface area contributed by atoms with E-state index in [0.29, 0.717) is 37.5 Å². The quantitative estimate of drug-likeness (QED) is 0.0810. The molecule has 5 rings (SSSR count). The molecule has 0 aliphatic rings. The molecule has 4 aromatic carbocycles. The molecule has 6 nitrogen and oxygen atoms in total. The number of benzene rings is 4. The highest BCUT2D eigenvalue weighted by Gasteiger charge is 2.19. The minimum absolute atomic E-state index is 0.262. The molecule has 5 aromatic rings. The van der Waals surface area contributed by atoms with Gasteiger partial charge in [0.1, 0.15) is 17.4 Å². The first-order valence-electron chi connectivity index (χ1n) is 15.4. The molecule has 0 atom stereocenters. The second kappa shape index (κ2) is 15.2. The topological polar surface area (TPSA) is 69.6 Å². The average Bonchev–Trinajstić information content (AvgIpc) is 3.47. The van der Waals surface area contributed by atoms with Crippen LogP contribution in [0.4, 0.5) is 14.5 Å². The molecule has 0 aliphatic carbocycles. The molecule has 0 radical (unpaired) electrons. The van der Waals surface area contributed by atoms with Gasteiger partial charge in [0.05, 0.1) is 24.9 Å². The maximum Gasteiger partial charge on any atom is 0.305 e. The molecular formula is C38H36F2N2O4. The van der Waals surface area contributed by atoms with Crippen molar-refractivity contribution in [2.24, 2.45) is 0 Å². The van der Waals surface area contributed by atoms with Gasteiger partial charge in [0.2, 0.25) is 5.91 Å². The van der Waals surface area contributed by atoms with Gasteiger partial charge in [-0.15, -0.1) is 0 Å². The maximum atomic E-state index is 13.8. The van der Waals surface area contributed by atoms with Gasteiger partial charge in [0.15, 0.2) is 0 Å². The number of nitrogens with zero attached hydrogens (tertiary/aromatic N) is 1. The Kier molecular flexibility index (Phi) is 10.6. The van der Waals surface area contributed by atoms with Crippen molar-refractivity contribution in [1.29, 1.82) is 0 Å². The van der Waals surface area contributed by atoms with E-state index in [0.717, 1.165) is 33.2 Å². The Hall–Kier alpha value is -5.24. The van der Waals surface area contributed by atoms with Crippen LogP contribution < -0.4 is 10.1 Å². The molecule has 0 saturated heterocycles. The van der Waals surface area contributed by atoms with E-state index in [4.69, 9.17) is 9.47 Å². The fourth-order valence-electron chi connectivity index (χ4n) is 5.44. The first-order chi connectivity index (χ1) is 22.4. The molecule has 0 bridgehead atoms. The Bertz CT molecular complexity index is 1780. The van der Waals surface area contributed by atoms with Crippen molar-refractivity contribution < 1.29 is 27.8 Å². The van der Waals surface area contributed by atoms with Gasteiger partial charge in [-0.1, -0.05) is 49.4 Å². The maximum absolute atomic E-state index is 13.8. The Labute approximate surface area is 267 Å². The smallest absolute Gasteiger partial charge is 0.305 e. The van der Waals surface area contributed by atoms with E-state index in [1.54, 1.807) is 49.4 Å². The largest absolute Gasteiger partial charge is 0.491 e. The number of amides is 1. The number of hydrogen-bond donors (Lipinski definition) is 1. The van der Waals surface area contributed by atoms with Gasteiger partial charge in [-0.2, -0.15) is 0 Å². The van der Waals surface area contributed by atoms with Crippen LogP contribution in [0.1, 0.15) is 55.8 Å². The summed E-state index contributed by atoms with van der Waals surface area (Å²) in [4.78, 5) is 24.7. The van der Waals surface area contributed by atoms with Gasteiger partial charge in [0.25, 0.3) is 0 Å². The number of esters is 1. The van der Waals surface area contributed by atoms with E-state index >= 15 is 0 Å². The number of para-hydroxylation sites is 2. The van der Waals surface area contributed by atoms with Crippen molar-refractivity contribution in [3.05, 3.63) is 138 Å². The van der Waals surface area contributed by atoms with Crippen molar-refractivity contribution in [2.45, 2.75) is 39.2 Å². The highest BCUT2D eigenvalue weighted by molar-refractivity contribution is 6.05. The molecule has 46 heavy (non-hydrogen) atoms. The van der Waals surface area contributed by atoms with Crippen LogP contribution in [-0.2, 0) is 14.3 Å². The van der Waals surface area contributed by atoms with Crippen LogP contribution in [0.2, 0.25) is 0 Å². The van der Waals surface area contributed by atoms with Gasteiger partial charge < -0.3 is 19.4 Å². The number of rotatable bonds is 13. The van der Waals surface area contributed by atoms with E-state index in [2.05, 4.69) is 9.88 Å². The number of anilines is 1. The standard InChI is InChI=1S/C38H36F2N2O4/c1-3-26(25-36(43)41-33-8-5-6-9-35(33)46-23-7-10-37(44)45-4-2)29-15-20-34-30(24-29)21-22-42(34)38(27-11-16-31(39)17-12-27)28-13-18-32(40)19-14-28/h5-6,8-9,11-22,24-25,38H,3-4,7,10,23H2,1-2H3,(H,41,43)/b26-25+. The van der Waals surface area contributed by atoms with Crippen LogP contribution in [0.15, 0.2) is 109 Å². The number of aromatic nitrogens is 1. The van der Waals surface area contributed by atoms with E-state index in [1.165, 1.54) is 24.3 Å². The Morgan fingerprint density at radius 2 is 1.54 bits per heavy atom. The SMILES string of the molecule is CCOC(=O)CCCOc1ccccc1NC(=O)/C=C(\CC)c1ccc2c(ccn2C(c2ccc(F)cc2)c2ccc(F)cc2)c1. The number of hydrogen-bond acceptors (Lipinski definition) is 4. The third-order valence-corrected chi connectivity index (χ3v) is 7.66. The van der Waals surface area contributed by atoms with Crippen LogP contribution in [0, 0.1) is 11.6 Å². The van der Waals surface area contributed by atoms with Crippen molar-refractivity contribution >= 4 is 34.0 Å². The lowest BCUT2D eigenvalue weighted by molar-refractivity contribution is -0.143. The van der Waals surface area contributed by atoms with Crippen molar-refractivity contribution in [1.82, 2.24) is 4.57 Å². The zero-order chi connectivity index (χ0) is 32.5. The number of fused-ring (bicyclic) bond motifs is 1. The van der Waals surface area contributed by atoms with Gasteiger partial charge in [-0.05, 0) is 96.6 Å². The average molecular weight is 623 g/mol. The highest BCUT2D eigenvalue weighted by atomic mass is 19.1. The lowest BCUT2D eigenvalue weighted by Gasteiger charge is -2.22. The lowest BCUT2D eigenvalue weighted by atomic mass is 9.97. The molecule has 0 unspecified atom stereocenters. The summed E-state index contributed by atoms with van der Waals surface area (Å²) in [7, 11) is 0. The lowest BCUT2D eigenvalue weighted by Crippen LogP contribution is -2.12. The Balaban J connectivity index is 1.35. The van der Waals surface area contributed by atoms with E-state index in [-0.39, 0.29) is 36.0 Å². The summed E-state index contributed by atoms with van der Waals surface area (Å²) in [6.45, 7) is 4.42. The van der Waals surface area contributed by atoms with Gasteiger partial charge in [-0.3, -0.25) is 9.59 Å². The van der Waals surface area contributed by atoms with Crippen LogP contribution in [-0.4, -0.2) is 29.7 Å². The summed E-state index contributed by atoms with van der Waals surface area (Å²) in [6, 6.07) is 27.6. The molecule has 0 spiro atoms. The minimum atomic E-state index is -0.325. The first kappa shape index (κ1) is 32.2. The Morgan fingerprint density at radius 3 is 2.20 bits per heavy atom. The predicted octanol–water partition coefficient (Wildman–Crippen LogP) is 8.71. The molecule has 8 heteroatoms. The van der Waals surface area contributed by atoms with Crippen molar-refractivity contribution in [3.63, 3.8) is 0 Å².